The number of hydrogen-bond donors (Lipinski definition) is 3. The summed E-state index contributed by atoms with van der Waals surface area (Å²) in [5.74, 6) is 2.40. The summed E-state index contributed by atoms with van der Waals surface area (Å²) in [6, 6.07) is -0.512. The van der Waals surface area contributed by atoms with Gasteiger partial charge in [-0.3, -0.25) is 0 Å². The van der Waals surface area contributed by atoms with Crippen LogP contribution >= 0.6 is 0 Å². The lowest BCUT2D eigenvalue weighted by Crippen LogP contribution is -2.35. The van der Waals surface area contributed by atoms with E-state index in [1.54, 1.807) is 0 Å². The van der Waals surface area contributed by atoms with Gasteiger partial charge in [-0.1, -0.05) is 5.92 Å². The number of nitrogens with two attached hydrogens (primary N) is 1. The minimum Gasteiger partial charge on any atom is -0.352 e. The predicted octanol–water partition coefficient (Wildman–Crippen LogP) is -1.12. The fourth-order valence-corrected chi connectivity index (χ4v) is 0.435. The molecule has 0 bridgehead atoms. The number of amides is 2. The Labute approximate surface area is 60.2 Å². The largest absolute Gasteiger partial charge is 0.352 e. The number of urea groups is 1. The molecule has 0 aromatic carbocycles. The van der Waals surface area contributed by atoms with E-state index in [1.165, 1.54) is 0 Å². The molecule has 0 aromatic heterocycles. The summed E-state index contributed by atoms with van der Waals surface area (Å²) in [4.78, 5) is 10.1. The van der Waals surface area contributed by atoms with Crippen molar-refractivity contribution in [1.29, 1.82) is 0 Å². The van der Waals surface area contributed by atoms with E-state index in [0.29, 0.717) is 19.6 Å². The van der Waals surface area contributed by atoms with Crippen molar-refractivity contribution in [3.05, 3.63) is 0 Å². The van der Waals surface area contributed by atoms with Crippen LogP contribution in [-0.2, 0) is 0 Å². The number of hydrogen-bond acceptors (Lipinski definition) is 2. The number of primary amides is 1. The fourth-order valence-electron chi connectivity index (χ4n) is 0.435. The van der Waals surface area contributed by atoms with Crippen molar-refractivity contribution in [3.63, 3.8) is 0 Å². The lowest BCUT2D eigenvalue weighted by molar-refractivity contribution is 0.249. The SMILES string of the molecule is C#CCNCCNC(N)=O. The number of carbonyl (C=O) groups is 1. The molecule has 4 nitrogen and oxygen atoms in total. The molecule has 0 heterocycles. The molecule has 2 amide bonds. The van der Waals surface area contributed by atoms with Crippen molar-refractivity contribution < 1.29 is 4.79 Å². The summed E-state index contributed by atoms with van der Waals surface area (Å²) in [7, 11) is 0. The normalized spacial score (nSPS) is 8.30. The molecule has 4 N–H and O–H groups in total. The van der Waals surface area contributed by atoms with Crippen LogP contribution in [0.15, 0.2) is 0 Å². The molecule has 0 aliphatic rings. The van der Waals surface area contributed by atoms with Gasteiger partial charge >= 0.3 is 6.03 Å². The fraction of sp³-hybridized carbons (Fsp3) is 0.500. The molecule has 0 radical (unpaired) electrons. The second kappa shape index (κ2) is 5.92. The minimum atomic E-state index is -0.512. The highest BCUT2D eigenvalue weighted by atomic mass is 16.2. The van der Waals surface area contributed by atoms with Crippen molar-refractivity contribution >= 4 is 6.03 Å². The highest BCUT2D eigenvalue weighted by Gasteiger charge is 1.87. The van der Waals surface area contributed by atoms with E-state index in [-0.39, 0.29) is 0 Å². The van der Waals surface area contributed by atoms with E-state index in [4.69, 9.17) is 12.2 Å². The summed E-state index contributed by atoms with van der Waals surface area (Å²) in [6.07, 6.45) is 4.95. The van der Waals surface area contributed by atoms with Gasteiger partial charge in [-0.15, -0.1) is 6.42 Å². The molecule has 0 fully saturated rings. The number of terminal acetylenes is 1. The lowest BCUT2D eigenvalue weighted by Gasteiger charge is -2.00. The third-order valence-electron chi connectivity index (χ3n) is 0.828. The molecule has 4 heteroatoms. The van der Waals surface area contributed by atoms with Crippen LogP contribution in [0.25, 0.3) is 0 Å². The third kappa shape index (κ3) is 6.79. The maximum Gasteiger partial charge on any atom is 0.312 e. The van der Waals surface area contributed by atoms with E-state index in [9.17, 15) is 4.79 Å². The topological polar surface area (TPSA) is 67.2 Å². The second-order valence-corrected chi connectivity index (χ2v) is 1.67. The molecular weight excluding hydrogens is 130 g/mol. The molecular formula is C6H11N3O. The maximum atomic E-state index is 10.1. The van der Waals surface area contributed by atoms with Gasteiger partial charge in [0.25, 0.3) is 0 Å². The van der Waals surface area contributed by atoms with Gasteiger partial charge in [-0.25, -0.2) is 4.79 Å². The van der Waals surface area contributed by atoms with Gasteiger partial charge in [0.2, 0.25) is 0 Å². The molecule has 0 rings (SSSR count). The van der Waals surface area contributed by atoms with Crippen LogP contribution < -0.4 is 16.4 Å². The molecule has 10 heavy (non-hydrogen) atoms. The Balaban J connectivity index is 2.92. The van der Waals surface area contributed by atoms with Gasteiger partial charge < -0.3 is 16.4 Å². The zero-order valence-electron chi connectivity index (χ0n) is 5.68. The predicted molar refractivity (Wildman–Crippen MR) is 39.3 cm³/mol. The summed E-state index contributed by atoms with van der Waals surface area (Å²) in [5.41, 5.74) is 4.79. The van der Waals surface area contributed by atoms with Crippen LogP contribution in [0.1, 0.15) is 0 Å². The molecule has 56 valence electrons. The van der Waals surface area contributed by atoms with Crippen molar-refractivity contribution in [2.24, 2.45) is 5.73 Å². The number of nitrogens with one attached hydrogen (secondary N) is 2. The quantitative estimate of drug-likeness (QED) is 0.343. The first-order valence-electron chi connectivity index (χ1n) is 2.95. The molecule has 0 spiro atoms. The molecule has 0 saturated carbocycles. The highest BCUT2D eigenvalue weighted by molar-refractivity contribution is 5.71. The lowest BCUT2D eigenvalue weighted by atomic mass is 10.6. The molecule has 0 aromatic rings. The van der Waals surface area contributed by atoms with Crippen molar-refractivity contribution in [2.75, 3.05) is 19.6 Å². The van der Waals surface area contributed by atoms with E-state index >= 15 is 0 Å². The molecule has 0 unspecified atom stereocenters. The summed E-state index contributed by atoms with van der Waals surface area (Å²) in [5, 5.41) is 5.30. The molecule has 0 aliphatic carbocycles. The minimum absolute atomic E-state index is 0.511. The number of rotatable bonds is 4. The van der Waals surface area contributed by atoms with E-state index < -0.39 is 6.03 Å². The Morgan fingerprint density at radius 1 is 1.60 bits per heavy atom. The molecule has 0 saturated heterocycles. The Bertz CT molecular complexity index is 138. The van der Waals surface area contributed by atoms with Crippen LogP contribution in [0.3, 0.4) is 0 Å². The van der Waals surface area contributed by atoms with Crippen molar-refractivity contribution in [1.82, 2.24) is 10.6 Å². The Morgan fingerprint density at radius 3 is 2.80 bits per heavy atom. The van der Waals surface area contributed by atoms with Crippen molar-refractivity contribution in [2.45, 2.75) is 0 Å². The smallest absolute Gasteiger partial charge is 0.312 e. The van der Waals surface area contributed by atoms with Crippen LogP contribution in [-0.4, -0.2) is 25.7 Å². The highest BCUT2D eigenvalue weighted by Crippen LogP contribution is 1.57. The Kier molecular flexibility index (Phi) is 5.20. The van der Waals surface area contributed by atoms with Crippen LogP contribution in [0, 0.1) is 12.3 Å². The van der Waals surface area contributed by atoms with Gasteiger partial charge in [0.1, 0.15) is 0 Å². The van der Waals surface area contributed by atoms with E-state index in [2.05, 4.69) is 16.6 Å². The summed E-state index contributed by atoms with van der Waals surface area (Å²) >= 11 is 0. The zero-order chi connectivity index (χ0) is 7.82. The van der Waals surface area contributed by atoms with Crippen molar-refractivity contribution in [3.8, 4) is 12.3 Å². The van der Waals surface area contributed by atoms with Gasteiger partial charge in [0, 0.05) is 13.1 Å². The molecule has 0 atom stereocenters. The Morgan fingerprint density at radius 2 is 2.30 bits per heavy atom. The first kappa shape index (κ1) is 8.79. The van der Waals surface area contributed by atoms with E-state index in [0.717, 1.165) is 0 Å². The van der Waals surface area contributed by atoms with Gasteiger partial charge in [-0.05, 0) is 0 Å². The third-order valence-corrected chi connectivity index (χ3v) is 0.828. The first-order valence-corrected chi connectivity index (χ1v) is 2.95. The average molecular weight is 141 g/mol. The first-order chi connectivity index (χ1) is 4.77. The van der Waals surface area contributed by atoms with Gasteiger partial charge in [0.05, 0.1) is 6.54 Å². The van der Waals surface area contributed by atoms with Crippen LogP contribution in [0.5, 0.6) is 0 Å². The van der Waals surface area contributed by atoms with Crippen LogP contribution in [0.4, 0.5) is 4.79 Å². The standard InChI is InChI=1S/C6H11N3O/c1-2-3-8-4-5-9-6(7)10/h1,8H,3-5H2,(H3,7,9,10). The molecule has 0 aliphatic heterocycles. The van der Waals surface area contributed by atoms with Gasteiger partial charge in [-0.2, -0.15) is 0 Å². The average Bonchev–Trinajstić information content (AvgIpc) is 1.87. The zero-order valence-corrected chi connectivity index (χ0v) is 5.68. The number of carbonyl (C=O) groups excluding carboxylic acids is 1. The monoisotopic (exact) mass is 141 g/mol. The Hall–Kier alpha value is -1.21. The summed E-state index contributed by atoms with van der Waals surface area (Å²) < 4.78 is 0. The van der Waals surface area contributed by atoms with Gasteiger partial charge in [0.15, 0.2) is 0 Å². The van der Waals surface area contributed by atoms with Crippen LogP contribution in [0.2, 0.25) is 0 Å². The second-order valence-electron chi connectivity index (χ2n) is 1.67. The van der Waals surface area contributed by atoms with E-state index in [1.807, 2.05) is 0 Å². The maximum absolute atomic E-state index is 10.1. The summed E-state index contributed by atoms with van der Waals surface area (Å²) in [6.45, 7) is 1.67.